The minimum Gasteiger partial charge on any atom is -0.497 e. The first-order valence-corrected chi connectivity index (χ1v) is 13.1. The molecule has 2 saturated carbocycles. The maximum atomic E-state index is 13.6. The van der Waals surface area contributed by atoms with E-state index in [9.17, 15) is 27.1 Å². The number of nitriles is 1. The van der Waals surface area contributed by atoms with Crippen LogP contribution in [0.25, 0.3) is 0 Å². The number of ether oxygens (including phenoxy) is 1. The van der Waals surface area contributed by atoms with Gasteiger partial charge < -0.3 is 10.1 Å². The molecule has 11 heteroatoms. The highest BCUT2D eigenvalue weighted by molar-refractivity contribution is 8.26. The number of rotatable bonds is 5. The first-order valence-electron chi connectivity index (χ1n) is 11.6. The van der Waals surface area contributed by atoms with Crippen LogP contribution in [0.5, 0.6) is 5.75 Å². The molecule has 7 nitrogen and oxygen atoms in total. The van der Waals surface area contributed by atoms with Gasteiger partial charge in [-0.25, -0.2) is 0 Å². The Labute approximate surface area is 208 Å². The van der Waals surface area contributed by atoms with Gasteiger partial charge in [-0.1, -0.05) is 0 Å². The molecule has 1 saturated heterocycles. The predicted molar refractivity (Wildman–Crippen MR) is 129 cm³/mol. The maximum Gasteiger partial charge on any atom is 0.417 e. The molecule has 1 amide bonds. The number of nitrogens with zero attached hydrogens (tertiary/aromatic N) is 2. The van der Waals surface area contributed by atoms with Crippen LogP contribution in [-0.4, -0.2) is 40.0 Å². The predicted octanol–water partition coefficient (Wildman–Crippen LogP) is 5.29. The molecule has 2 aromatic rings. The van der Waals surface area contributed by atoms with Gasteiger partial charge in [0.1, 0.15) is 10.5 Å². The van der Waals surface area contributed by atoms with Crippen LogP contribution in [-0.2, 0) is 6.18 Å². The van der Waals surface area contributed by atoms with E-state index in [-0.39, 0.29) is 42.4 Å². The lowest BCUT2D eigenvalue weighted by atomic mass is 9.78. The molecule has 3 aliphatic rings. The molecule has 3 N–H and O–H groups in total. The molecular weight excluding hydrogens is 495 g/mol. The topological polar surface area (TPSA) is 106 Å². The van der Waals surface area contributed by atoms with E-state index in [0.29, 0.717) is 11.3 Å². The number of carbonyl (C=O) groups excluding carboxylic acids is 1. The van der Waals surface area contributed by atoms with E-state index in [1.807, 2.05) is 0 Å². The van der Waals surface area contributed by atoms with Crippen molar-refractivity contribution in [2.75, 3.05) is 24.5 Å². The molecule has 2 aromatic carbocycles. The number of hydrogen-bond donors (Lipinski definition) is 3. The fourth-order valence-corrected chi connectivity index (χ4v) is 9.24. The van der Waals surface area contributed by atoms with Gasteiger partial charge in [-0.2, -0.15) is 18.4 Å². The second kappa shape index (κ2) is 8.57. The lowest BCUT2D eigenvalue weighted by molar-refractivity contribution is -0.137. The lowest BCUT2D eigenvalue weighted by Crippen LogP contribution is -2.53. The second-order valence-corrected chi connectivity index (χ2v) is 11.9. The first kappa shape index (κ1) is 24.7. The van der Waals surface area contributed by atoms with Crippen molar-refractivity contribution >= 4 is 22.4 Å². The molecule has 0 radical (unpaired) electrons. The molecule has 36 heavy (non-hydrogen) atoms. The molecule has 2 aliphatic carbocycles. The summed E-state index contributed by atoms with van der Waals surface area (Å²) in [5, 5.41) is 12.0. The SMILES string of the molecule is COc1ccc(C(=O)NC[C@@]23[C@@H]4CC[C@@H](C4)[C@@H]2CN(c2ccc(C#N)c(C(F)(F)F)c2)S3(O)O)cc1. The Kier molecular flexibility index (Phi) is 5.89. The fraction of sp³-hybridized carbons (Fsp3) is 0.440. The Morgan fingerprint density at radius 3 is 2.61 bits per heavy atom. The minimum atomic E-state index is -4.76. The fourth-order valence-electron chi connectivity index (χ4n) is 6.45. The molecule has 0 aromatic heterocycles. The van der Waals surface area contributed by atoms with Crippen molar-refractivity contribution < 1.29 is 31.8 Å². The highest BCUT2D eigenvalue weighted by Gasteiger charge is 2.70. The van der Waals surface area contributed by atoms with Gasteiger partial charge >= 0.3 is 6.18 Å². The molecule has 1 heterocycles. The molecule has 5 rings (SSSR count). The van der Waals surface area contributed by atoms with E-state index in [1.54, 1.807) is 30.3 Å². The summed E-state index contributed by atoms with van der Waals surface area (Å²) in [7, 11) is -2.11. The van der Waals surface area contributed by atoms with Crippen molar-refractivity contribution in [3.05, 3.63) is 59.2 Å². The summed E-state index contributed by atoms with van der Waals surface area (Å²) in [6, 6.07) is 11.3. The number of nitrogens with one attached hydrogen (secondary N) is 1. The van der Waals surface area contributed by atoms with Crippen LogP contribution >= 0.6 is 10.8 Å². The van der Waals surface area contributed by atoms with Crippen LogP contribution < -0.4 is 14.4 Å². The summed E-state index contributed by atoms with van der Waals surface area (Å²) in [5.41, 5.74) is -1.24. The van der Waals surface area contributed by atoms with E-state index in [4.69, 9.17) is 10.00 Å². The van der Waals surface area contributed by atoms with E-state index < -0.39 is 32.8 Å². The molecule has 3 fully saturated rings. The first-order chi connectivity index (χ1) is 17.0. The van der Waals surface area contributed by atoms with Crippen LogP contribution in [0.3, 0.4) is 0 Å². The van der Waals surface area contributed by atoms with Crippen LogP contribution in [0, 0.1) is 29.1 Å². The molecule has 2 bridgehead atoms. The number of fused-ring (bicyclic) bond motifs is 5. The molecule has 192 valence electrons. The monoisotopic (exact) mass is 521 g/mol. The number of alkyl halides is 3. The number of anilines is 1. The van der Waals surface area contributed by atoms with Crippen molar-refractivity contribution in [1.29, 1.82) is 5.26 Å². The van der Waals surface area contributed by atoms with E-state index >= 15 is 0 Å². The zero-order valence-corrected chi connectivity index (χ0v) is 20.3. The van der Waals surface area contributed by atoms with Crippen LogP contribution in [0.4, 0.5) is 18.9 Å². The van der Waals surface area contributed by atoms with Crippen molar-refractivity contribution in [2.24, 2.45) is 17.8 Å². The minimum absolute atomic E-state index is 0.00490. The molecule has 0 unspecified atom stereocenters. The Morgan fingerprint density at radius 2 is 1.97 bits per heavy atom. The van der Waals surface area contributed by atoms with E-state index in [2.05, 4.69) is 5.32 Å². The normalized spacial score (nSPS) is 28.9. The summed E-state index contributed by atoms with van der Waals surface area (Å²) < 4.78 is 69.5. The average molecular weight is 522 g/mol. The van der Waals surface area contributed by atoms with E-state index in [0.717, 1.165) is 31.4 Å². The Morgan fingerprint density at radius 1 is 1.25 bits per heavy atom. The molecular formula is C25H26F3N3O4S. The largest absolute Gasteiger partial charge is 0.497 e. The number of methoxy groups -OCH3 is 1. The Hall–Kier alpha value is -2.94. The Balaban J connectivity index is 1.47. The van der Waals surface area contributed by atoms with E-state index in [1.165, 1.54) is 17.5 Å². The zero-order valence-electron chi connectivity index (χ0n) is 19.5. The van der Waals surface area contributed by atoms with Gasteiger partial charge in [0.05, 0.1) is 30.0 Å². The van der Waals surface area contributed by atoms with Gasteiger partial charge in [-0.05, 0) is 73.6 Å². The second-order valence-electron chi connectivity index (χ2n) is 9.66. The molecule has 4 atom stereocenters. The quantitative estimate of drug-likeness (QED) is 0.494. The number of hydrogen-bond acceptors (Lipinski definition) is 6. The third-order valence-corrected chi connectivity index (χ3v) is 10.9. The molecule has 1 aliphatic heterocycles. The highest BCUT2D eigenvalue weighted by Crippen LogP contribution is 2.76. The zero-order chi connectivity index (χ0) is 25.9. The third-order valence-electron chi connectivity index (χ3n) is 8.14. The standard InChI is InChI=1S/C25H26F3N3O4S/c1-35-20-8-4-15(5-9-20)23(32)30-14-24-18-6-2-16(10-18)22(24)13-31(36(24,33)34)19-7-3-17(12-29)21(11-19)25(26,27)28/h3-5,7-9,11,16,18,22,33-34H,2,6,10,13-14H2,1H3,(H,30,32)/t16-,18+,22-,24+/m0/s1. The van der Waals surface area contributed by atoms with Crippen LogP contribution in [0.2, 0.25) is 0 Å². The van der Waals surface area contributed by atoms with Gasteiger partial charge in [0, 0.05) is 24.6 Å². The van der Waals surface area contributed by atoms with Crippen molar-refractivity contribution in [3.63, 3.8) is 0 Å². The Bertz CT molecular complexity index is 1230. The van der Waals surface area contributed by atoms with Gasteiger partial charge in [0.15, 0.2) is 0 Å². The molecule has 0 spiro atoms. The van der Waals surface area contributed by atoms with Crippen molar-refractivity contribution in [2.45, 2.75) is 30.2 Å². The van der Waals surface area contributed by atoms with Crippen molar-refractivity contribution in [1.82, 2.24) is 5.32 Å². The summed E-state index contributed by atoms with van der Waals surface area (Å²) in [6.45, 7) is 0.177. The van der Waals surface area contributed by atoms with Crippen molar-refractivity contribution in [3.8, 4) is 11.8 Å². The smallest absolute Gasteiger partial charge is 0.417 e. The van der Waals surface area contributed by atoms with Gasteiger partial charge in [0.25, 0.3) is 5.91 Å². The van der Waals surface area contributed by atoms with Gasteiger partial charge in [-0.15, -0.1) is 10.8 Å². The highest BCUT2D eigenvalue weighted by atomic mass is 32.3. The summed E-state index contributed by atoms with van der Waals surface area (Å²) in [4.78, 5) is 12.9. The van der Waals surface area contributed by atoms with Gasteiger partial charge in [0.2, 0.25) is 0 Å². The van der Waals surface area contributed by atoms with Crippen LogP contribution in [0.1, 0.15) is 40.7 Å². The third kappa shape index (κ3) is 3.62. The maximum absolute atomic E-state index is 13.6. The number of carbonyl (C=O) groups is 1. The summed E-state index contributed by atoms with van der Waals surface area (Å²) in [6.07, 6.45) is -2.28. The van der Waals surface area contributed by atoms with Gasteiger partial charge in [-0.3, -0.25) is 18.2 Å². The lowest BCUT2D eigenvalue weighted by Gasteiger charge is -2.53. The number of benzene rings is 2. The summed E-state index contributed by atoms with van der Waals surface area (Å²) in [5.74, 6) is 0.158. The average Bonchev–Trinajstić information content (AvgIpc) is 3.52. The number of amides is 1. The number of halogens is 3. The summed E-state index contributed by atoms with van der Waals surface area (Å²) >= 11 is 0. The van der Waals surface area contributed by atoms with Crippen LogP contribution in [0.15, 0.2) is 42.5 Å².